The fourth-order valence-corrected chi connectivity index (χ4v) is 8.85. The maximum atomic E-state index is 13.3. The first-order valence-electron chi connectivity index (χ1n) is 18.7. The van der Waals surface area contributed by atoms with E-state index < -0.39 is 40.5 Å². The Morgan fingerprint density at radius 3 is 2.32 bits per heavy atom. The molecule has 1 atom stereocenters. The molecule has 4 aliphatic rings. The van der Waals surface area contributed by atoms with Crippen molar-refractivity contribution in [2.75, 3.05) is 44.2 Å². The van der Waals surface area contributed by atoms with Crippen LogP contribution in [0.5, 0.6) is 11.5 Å². The quantitative estimate of drug-likeness (QED) is 0.213. The number of hydrogen-bond donors (Lipinski definition) is 2. The molecule has 2 aromatic carbocycles. The van der Waals surface area contributed by atoms with Crippen LogP contribution in [0.3, 0.4) is 0 Å². The highest BCUT2D eigenvalue weighted by atomic mass is 35.5. The summed E-state index contributed by atoms with van der Waals surface area (Å²) in [5.74, 6) is -0.772. The zero-order chi connectivity index (χ0) is 39.9. The highest BCUT2D eigenvalue weighted by Crippen LogP contribution is 2.55. The third kappa shape index (κ3) is 7.26. The van der Waals surface area contributed by atoms with Crippen molar-refractivity contribution in [3.8, 4) is 17.6 Å². The largest absolute Gasteiger partial charge is 0.494 e. The molecule has 1 aliphatic carbocycles. The van der Waals surface area contributed by atoms with E-state index in [1.165, 1.54) is 12.1 Å². The number of rotatable bonds is 11. The summed E-state index contributed by atoms with van der Waals surface area (Å²) in [7, 11) is 0. The zero-order valence-corrected chi connectivity index (χ0v) is 32.4. The van der Waals surface area contributed by atoms with Crippen LogP contribution in [0, 0.1) is 22.2 Å². The highest BCUT2D eigenvalue weighted by molar-refractivity contribution is 6.31. The molecule has 3 aliphatic heterocycles. The standard InChI is InChI=1S/C40H43ClN8O7/c1-39(2)37(40(3,4)38(39)56-25-7-6-23(22-42)28(41)21-25)44-33(51)29-10-12-31(46-45-29)48-17-15-47(16-18-48)14-5-19-55-24-8-9-26-27(20-24)36(54)49(35(26)53)30-11-13-32(50)43-34(30)52/h6-10,12,20-21,30,37-38H,5,11,13-19H2,1-4H3,(H,44,51)(H,43,50,52). The summed E-state index contributed by atoms with van der Waals surface area (Å²) in [5, 5.41) is 23.5. The smallest absolute Gasteiger partial charge is 0.272 e. The van der Waals surface area contributed by atoms with Crippen molar-refractivity contribution >= 4 is 47.0 Å². The van der Waals surface area contributed by atoms with Crippen LogP contribution in [-0.4, -0.2) is 107 Å². The molecule has 0 spiro atoms. The summed E-state index contributed by atoms with van der Waals surface area (Å²) in [6, 6.07) is 14.1. The van der Waals surface area contributed by atoms with E-state index in [0.29, 0.717) is 34.5 Å². The maximum Gasteiger partial charge on any atom is 0.272 e. The number of nitriles is 1. The van der Waals surface area contributed by atoms with Crippen LogP contribution in [0.4, 0.5) is 5.82 Å². The number of imide groups is 2. The highest BCUT2D eigenvalue weighted by Gasteiger charge is 2.64. The number of hydrogen-bond acceptors (Lipinski definition) is 12. The molecule has 2 saturated heterocycles. The summed E-state index contributed by atoms with van der Waals surface area (Å²) < 4.78 is 12.3. The van der Waals surface area contributed by atoms with Crippen molar-refractivity contribution in [3.05, 3.63) is 75.9 Å². The summed E-state index contributed by atoms with van der Waals surface area (Å²) >= 11 is 6.22. The predicted octanol–water partition coefficient (Wildman–Crippen LogP) is 3.61. The minimum absolute atomic E-state index is 0.0623. The molecule has 15 nitrogen and oxygen atoms in total. The molecule has 0 bridgehead atoms. The van der Waals surface area contributed by atoms with Crippen LogP contribution in [0.25, 0.3) is 0 Å². The second kappa shape index (κ2) is 15.2. The number of nitrogens with one attached hydrogen (secondary N) is 2. The maximum absolute atomic E-state index is 13.3. The number of carbonyl (C=O) groups is 5. The SMILES string of the molecule is CC1(C)C(NC(=O)c2ccc(N3CCN(CCCOc4ccc5c(c4)C(=O)N(C4CCC(=O)NC4=O)C5=O)CC3)nn2)C(C)(C)C1Oc1ccc(C#N)c(Cl)c1. The van der Waals surface area contributed by atoms with Gasteiger partial charge in [-0.15, -0.1) is 10.2 Å². The summed E-state index contributed by atoms with van der Waals surface area (Å²) in [5.41, 5.74) is 0.182. The Hall–Kier alpha value is -5.59. The Balaban J connectivity index is 0.847. The Morgan fingerprint density at radius 1 is 0.946 bits per heavy atom. The van der Waals surface area contributed by atoms with Crippen LogP contribution in [0.1, 0.15) is 83.7 Å². The van der Waals surface area contributed by atoms with Gasteiger partial charge in [0.05, 0.1) is 28.3 Å². The first-order valence-corrected chi connectivity index (χ1v) is 19.0. The van der Waals surface area contributed by atoms with Crippen molar-refractivity contribution in [2.45, 2.75) is 65.1 Å². The lowest BCUT2D eigenvalue weighted by molar-refractivity contribution is -0.164. The van der Waals surface area contributed by atoms with E-state index in [2.05, 4.69) is 36.7 Å². The number of nitrogens with zero attached hydrogens (tertiary/aromatic N) is 6. The first-order chi connectivity index (χ1) is 26.7. The van der Waals surface area contributed by atoms with Crippen LogP contribution in [-0.2, 0) is 9.59 Å². The van der Waals surface area contributed by atoms with E-state index in [9.17, 15) is 29.2 Å². The van der Waals surface area contributed by atoms with Gasteiger partial charge < -0.3 is 19.7 Å². The molecule has 3 fully saturated rings. The number of aromatic nitrogens is 2. The topological polar surface area (TPSA) is 187 Å². The number of ether oxygens (including phenoxy) is 2. The summed E-state index contributed by atoms with van der Waals surface area (Å²) in [4.78, 5) is 68.7. The zero-order valence-electron chi connectivity index (χ0n) is 31.6. The van der Waals surface area contributed by atoms with Gasteiger partial charge >= 0.3 is 0 Å². The fourth-order valence-electron chi connectivity index (χ4n) is 8.63. The third-order valence-corrected chi connectivity index (χ3v) is 11.6. The van der Waals surface area contributed by atoms with E-state index in [1.807, 2.05) is 33.8 Å². The molecule has 16 heteroatoms. The van der Waals surface area contributed by atoms with Crippen molar-refractivity contribution < 1.29 is 33.4 Å². The van der Waals surface area contributed by atoms with Crippen LogP contribution in [0.15, 0.2) is 48.5 Å². The van der Waals surface area contributed by atoms with Crippen molar-refractivity contribution in [1.29, 1.82) is 5.26 Å². The monoisotopic (exact) mass is 782 g/mol. The van der Waals surface area contributed by atoms with E-state index in [-0.39, 0.29) is 47.7 Å². The van der Waals surface area contributed by atoms with Gasteiger partial charge in [-0.25, -0.2) is 0 Å². The predicted molar refractivity (Wildman–Crippen MR) is 203 cm³/mol. The molecular weight excluding hydrogens is 740 g/mol. The second-order valence-corrected chi connectivity index (χ2v) is 16.2. The molecule has 56 heavy (non-hydrogen) atoms. The van der Waals surface area contributed by atoms with Gasteiger partial charge in [-0.1, -0.05) is 39.3 Å². The van der Waals surface area contributed by atoms with Crippen molar-refractivity contribution in [3.63, 3.8) is 0 Å². The number of fused-ring (bicyclic) bond motifs is 1. The summed E-state index contributed by atoms with van der Waals surface area (Å²) in [6.07, 6.45) is 0.674. The lowest BCUT2D eigenvalue weighted by Crippen LogP contribution is -2.74. The second-order valence-electron chi connectivity index (χ2n) is 15.8. The van der Waals surface area contributed by atoms with Gasteiger partial charge in [-0.2, -0.15) is 5.26 Å². The van der Waals surface area contributed by atoms with E-state index >= 15 is 0 Å². The molecule has 7 rings (SSSR count). The molecule has 5 amide bonds. The third-order valence-electron chi connectivity index (χ3n) is 11.3. The molecule has 1 unspecified atom stereocenters. The molecule has 3 aromatic rings. The number of amides is 5. The van der Waals surface area contributed by atoms with Crippen LogP contribution < -0.4 is 25.0 Å². The average molecular weight is 783 g/mol. The number of anilines is 1. The number of carbonyl (C=O) groups excluding carboxylic acids is 5. The van der Waals surface area contributed by atoms with Crippen molar-refractivity contribution in [2.24, 2.45) is 10.8 Å². The van der Waals surface area contributed by atoms with Gasteiger partial charge in [0, 0.05) is 62.1 Å². The Labute approximate surface area is 329 Å². The molecule has 1 aromatic heterocycles. The first kappa shape index (κ1) is 38.7. The Morgan fingerprint density at radius 2 is 1.66 bits per heavy atom. The minimum Gasteiger partial charge on any atom is -0.494 e. The molecule has 0 radical (unpaired) electrons. The molecule has 4 heterocycles. The molecule has 292 valence electrons. The lowest BCUT2D eigenvalue weighted by Gasteiger charge is -2.63. The Kier molecular flexibility index (Phi) is 10.5. The van der Waals surface area contributed by atoms with Gasteiger partial charge in [0.15, 0.2) is 11.5 Å². The summed E-state index contributed by atoms with van der Waals surface area (Å²) in [6.45, 7) is 12.5. The molecular formula is C40H43ClN8O7. The normalized spacial score (nSPS) is 22.8. The van der Waals surface area contributed by atoms with E-state index in [1.54, 1.807) is 30.3 Å². The Bertz CT molecular complexity index is 2110. The minimum atomic E-state index is -1.01. The van der Waals surface area contributed by atoms with Crippen molar-refractivity contribution in [1.82, 2.24) is 30.6 Å². The molecule has 2 N–H and O–H groups in total. The van der Waals surface area contributed by atoms with E-state index in [4.69, 9.17) is 21.1 Å². The van der Waals surface area contributed by atoms with E-state index in [0.717, 1.165) is 44.0 Å². The average Bonchev–Trinajstić information content (AvgIpc) is 3.42. The van der Waals surface area contributed by atoms with Gasteiger partial charge in [0.1, 0.15) is 29.7 Å². The number of piperazine rings is 1. The number of piperidine rings is 1. The van der Waals surface area contributed by atoms with Gasteiger partial charge in [0.25, 0.3) is 17.7 Å². The molecule has 1 saturated carbocycles. The van der Waals surface area contributed by atoms with Crippen LogP contribution in [0.2, 0.25) is 5.02 Å². The number of benzene rings is 2. The van der Waals surface area contributed by atoms with Gasteiger partial charge in [-0.05, 0) is 55.3 Å². The van der Waals surface area contributed by atoms with Gasteiger partial charge in [0.2, 0.25) is 11.8 Å². The van der Waals surface area contributed by atoms with Crippen LogP contribution >= 0.6 is 11.6 Å². The fraction of sp³-hybridized carbons (Fsp3) is 0.450. The van der Waals surface area contributed by atoms with Gasteiger partial charge in [-0.3, -0.25) is 39.1 Å². The number of halogens is 1. The lowest BCUT2D eigenvalue weighted by atomic mass is 9.49.